The van der Waals surface area contributed by atoms with Gasteiger partial charge in [0, 0.05) is 50.9 Å². The van der Waals surface area contributed by atoms with Crippen LogP contribution < -0.4 is 15.8 Å². The van der Waals surface area contributed by atoms with Gasteiger partial charge in [0.05, 0.1) is 11.7 Å². The van der Waals surface area contributed by atoms with E-state index in [0.717, 1.165) is 69.9 Å². The molecule has 8 nitrogen and oxygen atoms in total. The maximum atomic E-state index is 13.2. The molecule has 1 aromatic rings. The number of rotatable bonds is 4. The normalized spacial score (nSPS) is 32.8. The van der Waals surface area contributed by atoms with Crippen molar-refractivity contribution < 1.29 is 9.53 Å². The molecule has 4 fully saturated rings. The van der Waals surface area contributed by atoms with Crippen LogP contribution >= 0.6 is 0 Å². The van der Waals surface area contributed by atoms with Crippen molar-refractivity contribution in [1.29, 1.82) is 0 Å². The van der Waals surface area contributed by atoms with Crippen LogP contribution in [0.4, 0.5) is 5.95 Å². The first-order valence-electron chi connectivity index (χ1n) is 11.3. The summed E-state index contributed by atoms with van der Waals surface area (Å²) in [6, 6.07) is 2.38. The highest BCUT2D eigenvalue weighted by Crippen LogP contribution is 2.32. The second-order valence-electron chi connectivity index (χ2n) is 8.73. The van der Waals surface area contributed by atoms with Gasteiger partial charge in [-0.3, -0.25) is 15.6 Å². The molecule has 1 aromatic heterocycles. The molecule has 5 rings (SSSR count). The van der Waals surface area contributed by atoms with Crippen LogP contribution in [-0.2, 0) is 9.53 Å². The van der Waals surface area contributed by atoms with E-state index in [1.807, 2.05) is 12.3 Å². The van der Waals surface area contributed by atoms with Gasteiger partial charge in [-0.2, -0.15) is 0 Å². The Morgan fingerprint density at radius 2 is 2.00 bits per heavy atom. The van der Waals surface area contributed by atoms with Crippen molar-refractivity contribution in [3.63, 3.8) is 0 Å². The number of anilines is 1. The third-order valence-electron chi connectivity index (χ3n) is 6.91. The van der Waals surface area contributed by atoms with Crippen LogP contribution in [0.1, 0.15) is 56.6 Å². The molecule has 2 N–H and O–H groups in total. The van der Waals surface area contributed by atoms with Gasteiger partial charge in [0.25, 0.3) is 5.91 Å². The molecule has 4 aliphatic heterocycles. The summed E-state index contributed by atoms with van der Waals surface area (Å²) >= 11 is 0. The molecule has 29 heavy (non-hydrogen) atoms. The third kappa shape index (κ3) is 3.85. The summed E-state index contributed by atoms with van der Waals surface area (Å²) in [6.07, 6.45) is 9.15. The van der Waals surface area contributed by atoms with E-state index >= 15 is 0 Å². The molecule has 0 aliphatic carbocycles. The van der Waals surface area contributed by atoms with Crippen molar-refractivity contribution in [2.24, 2.45) is 0 Å². The number of hydrazine groups is 1. The van der Waals surface area contributed by atoms with Gasteiger partial charge in [-0.05, 0) is 51.0 Å². The summed E-state index contributed by atoms with van der Waals surface area (Å²) in [6.45, 7) is 4.44. The molecule has 4 atom stereocenters. The van der Waals surface area contributed by atoms with E-state index in [0.29, 0.717) is 6.61 Å². The summed E-state index contributed by atoms with van der Waals surface area (Å²) in [5, 5.41) is 0. The van der Waals surface area contributed by atoms with E-state index in [-0.39, 0.29) is 30.0 Å². The lowest BCUT2D eigenvalue weighted by atomic mass is 9.90. The van der Waals surface area contributed by atoms with Crippen molar-refractivity contribution in [3.05, 3.63) is 18.0 Å². The molecule has 0 bridgehead atoms. The van der Waals surface area contributed by atoms with Gasteiger partial charge in [-0.1, -0.05) is 0 Å². The molecule has 8 heteroatoms. The van der Waals surface area contributed by atoms with E-state index in [4.69, 9.17) is 9.72 Å². The molecule has 0 saturated carbocycles. The van der Waals surface area contributed by atoms with Crippen molar-refractivity contribution in [2.45, 2.75) is 69.1 Å². The van der Waals surface area contributed by atoms with Crippen LogP contribution in [0.2, 0.25) is 0 Å². The smallest absolute Gasteiger partial charge is 0.252 e. The van der Waals surface area contributed by atoms with E-state index in [1.165, 1.54) is 12.8 Å². The van der Waals surface area contributed by atoms with Crippen molar-refractivity contribution >= 4 is 11.9 Å². The Labute approximate surface area is 172 Å². The summed E-state index contributed by atoms with van der Waals surface area (Å²) in [5.74, 6) is 1.26. The molecular formula is C21H32N6O2. The van der Waals surface area contributed by atoms with Crippen molar-refractivity contribution in [1.82, 2.24) is 25.7 Å². The summed E-state index contributed by atoms with van der Waals surface area (Å²) in [5.41, 5.74) is 7.87. The Morgan fingerprint density at radius 1 is 1.10 bits per heavy atom. The van der Waals surface area contributed by atoms with E-state index in [9.17, 15) is 4.79 Å². The molecule has 0 spiro atoms. The molecule has 0 aromatic carbocycles. The third-order valence-corrected chi connectivity index (χ3v) is 6.91. The largest absolute Gasteiger partial charge is 0.368 e. The lowest BCUT2D eigenvalue weighted by molar-refractivity contribution is -0.147. The number of carbonyl (C=O) groups is 1. The molecule has 4 unspecified atom stereocenters. The first-order chi connectivity index (χ1) is 14.3. The highest BCUT2D eigenvalue weighted by Gasteiger charge is 2.43. The first kappa shape index (κ1) is 19.2. The van der Waals surface area contributed by atoms with Gasteiger partial charge in [0.15, 0.2) is 0 Å². The second-order valence-corrected chi connectivity index (χ2v) is 8.73. The maximum Gasteiger partial charge on any atom is 0.252 e. The fraction of sp³-hybridized carbons (Fsp3) is 0.762. The number of likely N-dealkylation sites (tertiary alicyclic amines) is 1. The van der Waals surface area contributed by atoms with E-state index in [1.54, 1.807) is 0 Å². The summed E-state index contributed by atoms with van der Waals surface area (Å²) in [7, 11) is 0. The SMILES string of the molecule is O=C(C1CCCCO1)N1CCCC1C1NNCC1c1ccnc(N2CCCC2)n1. The second kappa shape index (κ2) is 8.53. The Morgan fingerprint density at radius 3 is 2.83 bits per heavy atom. The zero-order valence-electron chi connectivity index (χ0n) is 17.1. The fourth-order valence-electron chi connectivity index (χ4n) is 5.37. The number of amides is 1. The average molecular weight is 401 g/mol. The van der Waals surface area contributed by atoms with Crippen LogP contribution in [0.15, 0.2) is 12.3 Å². The van der Waals surface area contributed by atoms with Gasteiger partial charge < -0.3 is 14.5 Å². The van der Waals surface area contributed by atoms with Crippen LogP contribution in [-0.4, -0.2) is 71.7 Å². The Balaban J connectivity index is 1.33. The zero-order valence-corrected chi connectivity index (χ0v) is 17.1. The Bertz CT molecular complexity index is 719. The van der Waals surface area contributed by atoms with E-state index < -0.39 is 0 Å². The highest BCUT2D eigenvalue weighted by atomic mass is 16.5. The number of nitrogens with zero attached hydrogens (tertiary/aromatic N) is 4. The van der Waals surface area contributed by atoms with E-state index in [2.05, 4.69) is 25.6 Å². The van der Waals surface area contributed by atoms with Crippen LogP contribution in [0.3, 0.4) is 0 Å². The Kier molecular flexibility index (Phi) is 5.65. The minimum atomic E-state index is -0.252. The zero-order chi connectivity index (χ0) is 19.6. The molecule has 4 saturated heterocycles. The molecule has 4 aliphatic rings. The monoisotopic (exact) mass is 400 g/mol. The Hall–Kier alpha value is -1.77. The van der Waals surface area contributed by atoms with Crippen LogP contribution in [0.5, 0.6) is 0 Å². The van der Waals surface area contributed by atoms with Gasteiger partial charge >= 0.3 is 0 Å². The van der Waals surface area contributed by atoms with Crippen LogP contribution in [0.25, 0.3) is 0 Å². The summed E-state index contributed by atoms with van der Waals surface area (Å²) in [4.78, 5) is 27.0. The quantitative estimate of drug-likeness (QED) is 0.786. The number of hydrogen-bond donors (Lipinski definition) is 2. The van der Waals surface area contributed by atoms with Crippen LogP contribution in [0, 0.1) is 0 Å². The molecular weight excluding hydrogens is 368 g/mol. The molecule has 1 amide bonds. The van der Waals surface area contributed by atoms with Gasteiger partial charge in [0.1, 0.15) is 6.10 Å². The number of carbonyl (C=O) groups excluding carboxylic acids is 1. The van der Waals surface area contributed by atoms with Crippen molar-refractivity contribution in [3.8, 4) is 0 Å². The summed E-state index contributed by atoms with van der Waals surface area (Å²) < 4.78 is 5.79. The number of aromatic nitrogens is 2. The molecule has 5 heterocycles. The minimum absolute atomic E-state index is 0.159. The number of ether oxygens (including phenoxy) is 1. The molecule has 0 radical (unpaired) electrons. The number of hydrogen-bond acceptors (Lipinski definition) is 7. The topological polar surface area (TPSA) is 82.6 Å². The lowest BCUT2D eigenvalue weighted by Gasteiger charge is -2.35. The van der Waals surface area contributed by atoms with Gasteiger partial charge in [-0.25, -0.2) is 9.97 Å². The first-order valence-corrected chi connectivity index (χ1v) is 11.3. The van der Waals surface area contributed by atoms with Crippen molar-refractivity contribution in [2.75, 3.05) is 37.7 Å². The maximum absolute atomic E-state index is 13.2. The highest BCUT2D eigenvalue weighted by molar-refractivity contribution is 5.81. The predicted octanol–water partition coefficient (Wildman–Crippen LogP) is 1.20. The predicted molar refractivity (Wildman–Crippen MR) is 109 cm³/mol. The lowest BCUT2D eigenvalue weighted by Crippen LogP contribution is -2.53. The number of nitrogens with one attached hydrogen (secondary N) is 2. The van der Waals surface area contributed by atoms with Gasteiger partial charge in [0.2, 0.25) is 5.95 Å². The van der Waals surface area contributed by atoms with Gasteiger partial charge in [-0.15, -0.1) is 0 Å². The minimum Gasteiger partial charge on any atom is -0.368 e. The molecule has 158 valence electrons. The standard InChI is InChI=1S/C21H32N6O2/c28-20(18-7-1-4-13-29-18)27-12-5-6-17(27)19-15(14-23-25-19)16-8-9-22-21(24-16)26-10-2-3-11-26/h8-9,15,17-19,23,25H,1-7,10-14H2. The average Bonchev–Trinajstić information content (AvgIpc) is 3.55. The fourth-order valence-corrected chi connectivity index (χ4v) is 5.37.